The van der Waals surface area contributed by atoms with E-state index in [9.17, 15) is 19.7 Å². The van der Waals surface area contributed by atoms with Crippen LogP contribution in [-0.4, -0.2) is 31.1 Å². The monoisotopic (exact) mass is 459 g/mol. The van der Waals surface area contributed by atoms with Gasteiger partial charge in [-0.2, -0.15) is 0 Å². The summed E-state index contributed by atoms with van der Waals surface area (Å²) in [7, 11) is 2.54. The van der Waals surface area contributed by atoms with Gasteiger partial charge in [0.1, 0.15) is 0 Å². The van der Waals surface area contributed by atoms with Crippen LogP contribution in [0.15, 0.2) is 84.9 Å². The Morgan fingerprint density at radius 2 is 1.26 bits per heavy atom. The molecule has 1 unspecified atom stereocenters. The minimum atomic E-state index is -1.66. The van der Waals surface area contributed by atoms with Crippen LogP contribution in [0.5, 0.6) is 0 Å². The highest BCUT2D eigenvalue weighted by atomic mass is 16.6. The van der Waals surface area contributed by atoms with E-state index in [-0.39, 0.29) is 18.0 Å². The Morgan fingerprint density at radius 3 is 1.68 bits per heavy atom. The first kappa shape index (κ1) is 23.2. The number of hydrogen-bond donors (Lipinski definition) is 0. The summed E-state index contributed by atoms with van der Waals surface area (Å²) in [6, 6.07) is 25.1. The van der Waals surface area contributed by atoms with E-state index < -0.39 is 27.7 Å². The van der Waals surface area contributed by atoms with E-state index in [0.717, 1.165) is 16.7 Å². The number of ether oxygens (including phenoxy) is 2. The topological polar surface area (TPSA) is 95.7 Å². The maximum atomic E-state index is 13.6. The van der Waals surface area contributed by atoms with Crippen molar-refractivity contribution >= 4 is 17.6 Å². The summed E-state index contributed by atoms with van der Waals surface area (Å²) < 4.78 is 10.5. The number of carbonyl (C=O) groups is 2. The molecule has 34 heavy (non-hydrogen) atoms. The lowest BCUT2D eigenvalue weighted by molar-refractivity contribution is -0.384. The highest BCUT2D eigenvalue weighted by Crippen LogP contribution is 2.63. The van der Waals surface area contributed by atoms with Crippen molar-refractivity contribution in [2.45, 2.75) is 24.2 Å². The van der Waals surface area contributed by atoms with Gasteiger partial charge in [0.15, 0.2) is 5.41 Å². The second-order valence-corrected chi connectivity index (χ2v) is 8.48. The number of benzene rings is 3. The van der Waals surface area contributed by atoms with Crippen molar-refractivity contribution < 1.29 is 24.0 Å². The lowest BCUT2D eigenvalue weighted by atomic mass is 9.58. The molecule has 0 N–H and O–H groups in total. The molecule has 1 aliphatic carbocycles. The molecule has 0 radical (unpaired) electrons. The molecule has 1 aliphatic rings. The zero-order valence-electron chi connectivity index (χ0n) is 19.0. The summed E-state index contributed by atoms with van der Waals surface area (Å²) in [5.41, 5.74) is -0.376. The van der Waals surface area contributed by atoms with Crippen LogP contribution in [0.25, 0.3) is 0 Å². The Balaban J connectivity index is 2.01. The molecule has 7 heteroatoms. The first-order valence-corrected chi connectivity index (χ1v) is 10.9. The van der Waals surface area contributed by atoms with Gasteiger partial charge >= 0.3 is 11.9 Å². The highest BCUT2D eigenvalue weighted by Gasteiger charge is 2.69. The smallest absolute Gasteiger partial charge is 0.324 e. The highest BCUT2D eigenvalue weighted by molar-refractivity contribution is 6.03. The molecule has 0 saturated heterocycles. The number of non-ortho nitro benzene ring substituents is 1. The third kappa shape index (κ3) is 3.44. The fourth-order valence-electron chi connectivity index (χ4n) is 5.55. The van der Waals surface area contributed by atoms with Gasteiger partial charge in [-0.05, 0) is 35.4 Å². The SMILES string of the molecule is COC(=O)C1(C(=O)OC)CC(c2ccc([N+](=O)[O-])cc2)CC1(c1ccccc1)c1ccccc1. The van der Waals surface area contributed by atoms with Gasteiger partial charge in [-0.15, -0.1) is 0 Å². The first-order valence-electron chi connectivity index (χ1n) is 10.9. The molecule has 1 atom stereocenters. The zero-order valence-corrected chi connectivity index (χ0v) is 19.0. The summed E-state index contributed by atoms with van der Waals surface area (Å²) in [5, 5.41) is 11.1. The van der Waals surface area contributed by atoms with E-state index in [2.05, 4.69) is 0 Å². The van der Waals surface area contributed by atoms with Crippen molar-refractivity contribution in [3.8, 4) is 0 Å². The van der Waals surface area contributed by atoms with E-state index >= 15 is 0 Å². The van der Waals surface area contributed by atoms with Gasteiger partial charge in [0.05, 0.1) is 19.1 Å². The quantitative estimate of drug-likeness (QED) is 0.228. The molecular weight excluding hydrogens is 434 g/mol. The lowest BCUT2D eigenvalue weighted by Crippen LogP contribution is -2.54. The van der Waals surface area contributed by atoms with Gasteiger partial charge in [0.25, 0.3) is 5.69 Å². The van der Waals surface area contributed by atoms with Crippen LogP contribution in [0.4, 0.5) is 5.69 Å². The first-order chi connectivity index (χ1) is 16.4. The molecule has 0 bridgehead atoms. The maximum Gasteiger partial charge on any atom is 0.324 e. The third-order valence-corrected chi connectivity index (χ3v) is 7.01. The average Bonchev–Trinajstić information content (AvgIpc) is 3.27. The Morgan fingerprint density at radius 1 is 0.794 bits per heavy atom. The predicted octanol–water partition coefficient (Wildman–Crippen LogP) is 4.79. The number of nitro benzene ring substituents is 1. The lowest BCUT2D eigenvalue weighted by Gasteiger charge is -2.42. The van der Waals surface area contributed by atoms with Gasteiger partial charge in [-0.1, -0.05) is 72.8 Å². The van der Waals surface area contributed by atoms with E-state index in [1.54, 1.807) is 12.1 Å². The molecule has 0 aliphatic heterocycles. The fourth-order valence-corrected chi connectivity index (χ4v) is 5.55. The molecule has 0 amide bonds. The molecule has 3 aromatic rings. The average molecular weight is 459 g/mol. The van der Waals surface area contributed by atoms with E-state index in [1.807, 2.05) is 60.7 Å². The molecule has 0 aromatic heterocycles. The summed E-state index contributed by atoms with van der Waals surface area (Å²) in [4.78, 5) is 37.9. The van der Waals surface area contributed by atoms with Crippen molar-refractivity contribution in [2.24, 2.45) is 5.41 Å². The molecular formula is C27H25NO6. The molecule has 1 fully saturated rings. The molecule has 174 valence electrons. The largest absolute Gasteiger partial charge is 0.468 e. The Kier molecular flexibility index (Phi) is 6.20. The Hall–Kier alpha value is -4.00. The number of nitrogens with zero attached hydrogens (tertiary/aromatic N) is 1. The van der Waals surface area contributed by atoms with Crippen molar-refractivity contribution in [3.05, 3.63) is 112 Å². The van der Waals surface area contributed by atoms with Crippen molar-refractivity contribution in [1.29, 1.82) is 0 Å². The number of rotatable bonds is 6. The van der Waals surface area contributed by atoms with Crippen LogP contribution in [-0.2, 0) is 24.5 Å². The molecule has 7 nitrogen and oxygen atoms in total. The summed E-state index contributed by atoms with van der Waals surface area (Å²) in [6.45, 7) is 0. The van der Waals surface area contributed by atoms with Gasteiger partial charge < -0.3 is 9.47 Å². The van der Waals surface area contributed by atoms with Crippen LogP contribution in [0.2, 0.25) is 0 Å². The normalized spacial score (nSPS) is 18.1. The van der Waals surface area contributed by atoms with Crippen molar-refractivity contribution in [1.82, 2.24) is 0 Å². The maximum absolute atomic E-state index is 13.6. The summed E-state index contributed by atoms with van der Waals surface area (Å²) >= 11 is 0. The molecule has 1 saturated carbocycles. The minimum Gasteiger partial charge on any atom is -0.468 e. The molecule has 0 heterocycles. The third-order valence-electron chi connectivity index (χ3n) is 7.01. The Bertz CT molecular complexity index is 1140. The van der Waals surface area contributed by atoms with Crippen LogP contribution in [0.3, 0.4) is 0 Å². The number of hydrogen-bond acceptors (Lipinski definition) is 6. The second kappa shape index (κ2) is 9.09. The van der Waals surface area contributed by atoms with Gasteiger partial charge in [0.2, 0.25) is 0 Å². The molecule has 3 aromatic carbocycles. The minimum absolute atomic E-state index is 0.0219. The van der Waals surface area contributed by atoms with Crippen molar-refractivity contribution in [3.63, 3.8) is 0 Å². The number of nitro groups is 1. The van der Waals surface area contributed by atoms with E-state index in [1.165, 1.54) is 26.4 Å². The summed E-state index contributed by atoms with van der Waals surface area (Å²) in [5.74, 6) is -1.60. The fraction of sp³-hybridized carbons (Fsp3) is 0.259. The van der Waals surface area contributed by atoms with Crippen LogP contribution < -0.4 is 0 Å². The van der Waals surface area contributed by atoms with Crippen LogP contribution in [0.1, 0.15) is 35.4 Å². The van der Waals surface area contributed by atoms with E-state index in [0.29, 0.717) is 6.42 Å². The van der Waals surface area contributed by atoms with Gasteiger partial charge in [-0.25, -0.2) is 0 Å². The van der Waals surface area contributed by atoms with Gasteiger partial charge in [-0.3, -0.25) is 19.7 Å². The number of carbonyl (C=O) groups excluding carboxylic acids is 2. The Labute approximate surface area is 197 Å². The second-order valence-electron chi connectivity index (χ2n) is 8.48. The summed E-state index contributed by atoms with van der Waals surface area (Å²) in [6.07, 6.45) is 0.539. The van der Waals surface area contributed by atoms with Crippen LogP contribution in [0, 0.1) is 15.5 Å². The van der Waals surface area contributed by atoms with E-state index in [4.69, 9.17) is 9.47 Å². The molecule has 4 rings (SSSR count). The van der Waals surface area contributed by atoms with Crippen LogP contribution >= 0.6 is 0 Å². The number of methoxy groups -OCH3 is 2. The van der Waals surface area contributed by atoms with Gasteiger partial charge in [0, 0.05) is 17.5 Å². The van der Waals surface area contributed by atoms with Crippen molar-refractivity contribution in [2.75, 3.05) is 14.2 Å². The molecule has 0 spiro atoms. The zero-order chi connectivity index (χ0) is 24.3. The number of esters is 2. The standard InChI is InChI=1S/C27H25NO6/c1-33-24(29)27(25(30)34-2)18-20(19-13-15-23(16-14-19)28(31)32)17-26(27,21-9-5-3-6-10-21)22-11-7-4-8-12-22/h3-16,20H,17-18H2,1-2H3. The predicted molar refractivity (Wildman–Crippen MR) is 125 cm³/mol.